The number of nitrogens with one attached hydrogen (secondary N) is 1. The van der Waals surface area contributed by atoms with Crippen LogP contribution in [0.1, 0.15) is 18.4 Å². The lowest BCUT2D eigenvalue weighted by molar-refractivity contribution is 0.575. The van der Waals surface area contributed by atoms with Crippen molar-refractivity contribution in [1.82, 2.24) is 4.72 Å². The van der Waals surface area contributed by atoms with E-state index < -0.39 is 15.8 Å². The third-order valence-electron chi connectivity index (χ3n) is 2.46. The molecule has 0 aliphatic carbocycles. The summed E-state index contributed by atoms with van der Waals surface area (Å²) < 4.78 is 39.4. The molecule has 0 spiro atoms. The number of rotatable bonds is 5. The maximum Gasteiger partial charge on any atom is 0.240 e. The van der Waals surface area contributed by atoms with Crippen LogP contribution in [0.25, 0.3) is 0 Å². The van der Waals surface area contributed by atoms with Gasteiger partial charge in [0.25, 0.3) is 0 Å². The lowest BCUT2D eigenvalue weighted by Gasteiger charge is -2.09. The van der Waals surface area contributed by atoms with Crippen molar-refractivity contribution in [3.05, 3.63) is 23.5 Å². The third kappa shape index (κ3) is 3.45. The monoisotopic (exact) mass is 270 g/mol. The van der Waals surface area contributed by atoms with Gasteiger partial charge in [-0.3, -0.25) is 0 Å². The van der Waals surface area contributed by atoms with Crippen LogP contribution >= 0.6 is 0 Å². The zero-order valence-electron chi connectivity index (χ0n) is 10.0. The van der Waals surface area contributed by atoms with Crippen molar-refractivity contribution < 1.29 is 12.8 Å². The van der Waals surface area contributed by atoms with Crippen LogP contribution in [0.15, 0.2) is 17.0 Å². The average molecular weight is 270 g/mol. The number of sulfonamides is 1. The number of hydrogen-bond donors (Lipinski definition) is 2. The zero-order valence-corrected chi connectivity index (χ0v) is 10.8. The van der Waals surface area contributed by atoms with Gasteiger partial charge in [-0.25, -0.2) is 17.5 Å². The van der Waals surface area contributed by atoms with Gasteiger partial charge in [0.1, 0.15) is 5.82 Å². The lowest BCUT2D eigenvalue weighted by Crippen LogP contribution is -2.25. The largest absolute Gasteiger partial charge is 0.398 e. The number of halogens is 1. The summed E-state index contributed by atoms with van der Waals surface area (Å²) in [6.45, 7) is 1.70. The Balaban J connectivity index is 2.89. The van der Waals surface area contributed by atoms with E-state index in [9.17, 15) is 12.8 Å². The Hall–Kier alpha value is -1.58. The van der Waals surface area contributed by atoms with Gasteiger partial charge in [-0.1, -0.05) is 0 Å². The minimum Gasteiger partial charge on any atom is -0.398 e. The maximum absolute atomic E-state index is 13.4. The maximum atomic E-state index is 13.4. The predicted molar refractivity (Wildman–Crippen MR) is 68.8 cm³/mol. The topological polar surface area (TPSA) is 72.2 Å². The molecule has 0 aliphatic heterocycles. The molecule has 0 unspecified atom stereocenters. The molecule has 3 N–H and O–H groups in total. The first kappa shape index (κ1) is 14.5. The molecule has 1 aromatic rings. The normalized spacial score (nSPS) is 11.2. The van der Waals surface area contributed by atoms with Gasteiger partial charge in [-0.2, -0.15) is 0 Å². The molecule has 0 amide bonds. The molecule has 0 aliphatic rings. The average Bonchev–Trinajstić information content (AvgIpc) is 2.31. The Labute approximate surface area is 106 Å². The molecule has 0 fully saturated rings. The molecule has 0 bridgehead atoms. The lowest BCUT2D eigenvalue weighted by atomic mass is 10.2. The minimum atomic E-state index is -3.74. The molecule has 1 aromatic carbocycles. The second kappa shape index (κ2) is 5.85. The molecule has 0 aromatic heterocycles. The van der Waals surface area contributed by atoms with E-state index in [4.69, 9.17) is 12.2 Å². The van der Waals surface area contributed by atoms with Gasteiger partial charge in [-0.15, -0.1) is 12.3 Å². The highest BCUT2D eigenvalue weighted by Gasteiger charge is 2.16. The molecule has 1 rings (SSSR count). The highest BCUT2D eigenvalue weighted by Crippen LogP contribution is 2.20. The number of unbranched alkanes of at least 4 members (excludes halogenated alkanes) is 1. The van der Waals surface area contributed by atoms with Crippen LogP contribution in [-0.2, 0) is 10.0 Å². The van der Waals surface area contributed by atoms with Gasteiger partial charge >= 0.3 is 0 Å². The number of terminal acetylenes is 1. The number of nitrogens with two attached hydrogens (primary N) is 1. The van der Waals surface area contributed by atoms with Crippen molar-refractivity contribution >= 4 is 15.7 Å². The molecule has 18 heavy (non-hydrogen) atoms. The Morgan fingerprint density at radius 2 is 2.17 bits per heavy atom. The fourth-order valence-corrected chi connectivity index (χ4v) is 2.43. The van der Waals surface area contributed by atoms with E-state index in [1.165, 1.54) is 13.0 Å². The molecule has 0 atom stereocenters. The van der Waals surface area contributed by atoms with E-state index >= 15 is 0 Å². The van der Waals surface area contributed by atoms with Crippen molar-refractivity contribution in [2.45, 2.75) is 24.7 Å². The Kier molecular flexibility index (Phi) is 4.70. The van der Waals surface area contributed by atoms with E-state index in [2.05, 4.69) is 10.6 Å². The summed E-state index contributed by atoms with van der Waals surface area (Å²) in [5.74, 6) is 1.76. The van der Waals surface area contributed by atoms with Crippen LogP contribution < -0.4 is 10.5 Å². The van der Waals surface area contributed by atoms with Gasteiger partial charge < -0.3 is 5.73 Å². The van der Waals surface area contributed by atoms with Gasteiger partial charge in [0.2, 0.25) is 10.0 Å². The fraction of sp³-hybridized carbons (Fsp3) is 0.333. The molecule has 98 valence electrons. The summed E-state index contributed by atoms with van der Waals surface area (Å²) in [7, 11) is -3.74. The van der Waals surface area contributed by atoms with Gasteiger partial charge in [-0.05, 0) is 25.5 Å². The first-order chi connectivity index (χ1) is 8.38. The molecule has 0 saturated heterocycles. The number of nitrogen functional groups attached to an aromatic ring is 1. The number of anilines is 1. The highest BCUT2D eigenvalue weighted by atomic mass is 32.2. The molecular weight excluding hydrogens is 255 g/mol. The summed E-state index contributed by atoms with van der Waals surface area (Å²) in [5.41, 5.74) is 5.88. The van der Waals surface area contributed by atoms with E-state index in [0.29, 0.717) is 12.8 Å². The van der Waals surface area contributed by atoms with Gasteiger partial charge in [0.15, 0.2) is 0 Å². The van der Waals surface area contributed by atoms with Gasteiger partial charge in [0.05, 0.1) is 4.90 Å². The molecule has 4 nitrogen and oxygen atoms in total. The summed E-state index contributed by atoms with van der Waals surface area (Å²) in [4.78, 5) is -0.177. The van der Waals surface area contributed by atoms with Crippen LogP contribution in [0.4, 0.5) is 10.1 Å². The van der Waals surface area contributed by atoms with Crippen molar-refractivity contribution in [2.24, 2.45) is 0 Å². The van der Waals surface area contributed by atoms with Crippen molar-refractivity contribution in [1.29, 1.82) is 0 Å². The number of hydrogen-bond acceptors (Lipinski definition) is 3. The Morgan fingerprint density at radius 3 is 2.72 bits per heavy atom. The van der Waals surface area contributed by atoms with E-state index in [0.717, 1.165) is 6.07 Å². The Morgan fingerprint density at radius 1 is 1.50 bits per heavy atom. The smallest absolute Gasteiger partial charge is 0.240 e. The van der Waals surface area contributed by atoms with Gasteiger partial charge in [0, 0.05) is 24.2 Å². The molecular formula is C12H15FN2O2S. The van der Waals surface area contributed by atoms with E-state index in [1.807, 2.05) is 0 Å². The van der Waals surface area contributed by atoms with E-state index in [-0.39, 0.29) is 22.7 Å². The second-order valence-corrected chi connectivity index (χ2v) is 5.59. The minimum absolute atomic E-state index is 0.110. The molecule has 0 radical (unpaired) electrons. The molecule has 0 saturated carbocycles. The third-order valence-corrected chi connectivity index (χ3v) is 3.90. The fourth-order valence-electron chi connectivity index (χ4n) is 1.31. The Bertz CT molecular complexity index is 553. The second-order valence-electron chi connectivity index (χ2n) is 3.82. The predicted octanol–water partition coefficient (Wildman–Crippen LogP) is 1.41. The standard InChI is InChI=1S/C12H15FN2O2S/c1-3-4-5-6-15-18(16,17)10-7-11(13)9(2)12(14)8-10/h1,7-8,15H,4-6,14H2,2H3. The van der Waals surface area contributed by atoms with Crippen LogP contribution in [0, 0.1) is 25.1 Å². The van der Waals surface area contributed by atoms with Crippen molar-refractivity contribution in [3.63, 3.8) is 0 Å². The van der Waals surface area contributed by atoms with Crippen LogP contribution in [0.5, 0.6) is 0 Å². The first-order valence-corrected chi connectivity index (χ1v) is 6.85. The highest BCUT2D eigenvalue weighted by molar-refractivity contribution is 7.89. The van der Waals surface area contributed by atoms with E-state index in [1.54, 1.807) is 0 Å². The van der Waals surface area contributed by atoms with Crippen molar-refractivity contribution in [2.75, 3.05) is 12.3 Å². The first-order valence-electron chi connectivity index (χ1n) is 5.37. The summed E-state index contributed by atoms with van der Waals surface area (Å²) in [6.07, 6.45) is 6.06. The van der Waals surface area contributed by atoms with Crippen molar-refractivity contribution in [3.8, 4) is 12.3 Å². The quantitative estimate of drug-likeness (QED) is 0.483. The number of benzene rings is 1. The SMILES string of the molecule is C#CCCCNS(=O)(=O)c1cc(N)c(C)c(F)c1. The summed E-state index contributed by atoms with van der Waals surface area (Å²) in [5, 5.41) is 0. The zero-order chi connectivity index (χ0) is 13.8. The molecule has 6 heteroatoms. The summed E-state index contributed by atoms with van der Waals surface area (Å²) >= 11 is 0. The molecule has 0 heterocycles. The summed E-state index contributed by atoms with van der Waals surface area (Å²) in [6, 6.07) is 2.19. The van der Waals surface area contributed by atoms with Crippen LogP contribution in [-0.4, -0.2) is 15.0 Å². The van der Waals surface area contributed by atoms with Crippen LogP contribution in [0.2, 0.25) is 0 Å². The van der Waals surface area contributed by atoms with Crippen LogP contribution in [0.3, 0.4) is 0 Å².